The highest BCUT2D eigenvalue weighted by Gasteiger charge is 2.37. The van der Waals surface area contributed by atoms with Crippen LogP contribution in [0.25, 0.3) is 0 Å². The second-order valence-electron chi connectivity index (χ2n) is 3.52. The lowest BCUT2D eigenvalue weighted by Gasteiger charge is -2.36. The Morgan fingerprint density at radius 3 is 2.67 bits per heavy atom. The van der Waals surface area contributed by atoms with Crippen LogP contribution in [0.5, 0.6) is 0 Å². The number of likely N-dealkylation sites (N-methyl/N-ethyl adjacent to an activating group) is 3. The van der Waals surface area contributed by atoms with Gasteiger partial charge in [0, 0.05) is 13.6 Å². The molecule has 0 aliphatic carbocycles. The zero-order valence-electron chi connectivity index (χ0n) is 9.33. The largest absolute Gasteiger partial charge is 0.331 e. The number of hydrogen-bond acceptors (Lipinski definition) is 4. The van der Waals surface area contributed by atoms with Gasteiger partial charge in [0.2, 0.25) is 5.91 Å². The SMILES string of the molecule is CCN[C@H]1NC(=O)[C@H](CNC)N(C)C1=O. The molecular weight excluding hydrogens is 196 g/mol. The van der Waals surface area contributed by atoms with Crippen LogP contribution in [0.2, 0.25) is 0 Å². The Bertz CT molecular complexity index is 256. The number of carbonyl (C=O) groups excluding carboxylic acids is 2. The molecule has 1 aliphatic rings. The Hall–Kier alpha value is -1.14. The zero-order valence-corrected chi connectivity index (χ0v) is 9.33. The van der Waals surface area contributed by atoms with Crippen LogP contribution >= 0.6 is 0 Å². The van der Waals surface area contributed by atoms with Gasteiger partial charge in [-0.25, -0.2) is 0 Å². The molecule has 1 rings (SSSR count). The molecular formula is C9H18N4O2. The molecule has 0 radical (unpaired) electrons. The number of rotatable bonds is 4. The van der Waals surface area contributed by atoms with Gasteiger partial charge in [0.25, 0.3) is 5.91 Å². The van der Waals surface area contributed by atoms with Crippen molar-refractivity contribution >= 4 is 11.8 Å². The van der Waals surface area contributed by atoms with Crippen molar-refractivity contribution in [3.8, 4) is 0 Å². The molecule has 2 amide bonds. The number of nitrogens with zero attached hydrogens (tertiary/aromatic N) is 1. The van der Waals surface area contributed by atoms with Crippen LogP contribution in [-0.2, 0) is 9.59 Å². The summed E-state index contributed by atoms with van der Waals surface area (Å²) >= 11 is 0. The third kappa shape index (κ3) is 2.45. The monoisotopic (exact) mass is 214 g/mol. The van der Waals surface area contributed by atoms with Crippen LogP contribution in [0.1, 0.15) is 6.92 Å². The molecule has 0 aromatic rings. The van der Waals surface area contributed by atoms with E-state index in [0.29, 0.717) is 13.1 Å². The molecule has 0 bridgehead atoms. The first-order valence-electron chi connectivity index (χ1n) is 5.06. The molecule has 0 aromatic heterocycles. The zero-order chi connectivity index (χ0) is 11.4. The average molecular weight is 214 g/mol. The smallest absolute Gasteiger partial charge is 0.260 e. The van der Waals surface area contributed by atoms with Crippen LogP contribution in [0, 0.1) is 0 Å². The molecule has 2 atom stereocenters. The average Bonchev–Trinajstić information content (AvgIpc) is 2.21. The fourth-order valence-electron chi connectivity index (χ4n) is 1.60. The summed E-state index contributed by atoms with van der Waals surface area (Å²) < 4.78 is 0. The summed E-state index contributed by atoms with van der Waals surface area (Å²) in [6.07, 6.45) is -0.583. The van der Waals surface area contributed by atoms with Gasteiger partial charge in [-0.15, -0.1) is 0 Å². The predicted octanol–water partition coefficient (Wildman–Crippen LogP) is -1.90. The van der Waals surface area contributed by atoms with Gasteiger partial charge in [0.15, 0.2) is 6.17 Å². The van der Waals surface area contributed by atoms with Gasteiger partial charge in [0.1, 0.15) is 6.04 Å². The van der Waals surface area contributed by atoms with E-state index in [1.165, 1.54) is 4.90 Å². The molecule has 1 fully saturated rings. The molecule has 6 nitrogen and oxygen atoms in total. The number of piperazine rings is 1. The minimum Gasteiger partial charge on any atom is -0.331 e. The van der Waals surface area contributed by atoms with Gasteiger partial charge < -0.3 is 15.5 Å². The van der Waals surface area contributed by atoms with E-state index < -0.39 is 12.2 Å². The lowest BCUT2D eigenvalue weighted by atomic mass is 10.1. The summed E-state index contributed by atoms with van der Waals surface area (Å²) in [6, 6.07) is -0.419. The second kappa shape index (κ2) is 5.09. The van der Waals surface area contributed by atoms with Crippen LogP contribution in [0.4, 0.5) is 0 Å². The summed E-state index contributed by atoms with van der Waals surface area (Å²) in [6.45, 7) is 2.99. The maximum Gasteiger partial charge on any atom is 0.260 e. The topological polar surface area (TPSA) is 73.5 Å². The molecule has 1 aliphatic heterocycles. The molecule has 3 N–H and O–H groups in total. The first-order chi connectivity index (χ1) is 7.11. The van der Waals surface area contributed by atoms with E-state index in [2.05, 4.69) is 16.0 Å². The van der Waals surface area contributed by atoms with Gasteiger partial charge in [-0.3, -0.25) is 14.9 Å². The van der Waals surface area contributed by atoms with Crippen molar-refractivity contribution in [2.45, 2.75) is 19.1 Å². The number of nitrogens with one attached hydrogen (secondary N) is 3. The van der Waals surface area contributed by atoms with Crippen molar-refractivity contribution in [1.29, 1.82) is 0 Å². The van der Waals surface area contributed by atoms with Gasteiger partial charge in [-0.05, 0) is 13.6 Å². The first kappa shape index (κ1) is 11.9. The minimum absolute atomic E-state index is 0.100. The molecule has 0 saturated carbocycles. The van der Waals surface area contributed by atoms with Crippen molar-refractivity contribution < 1.29 is 9.59 Å². The summed E-state index contributed by atoms with van der Waals surface area (Å²) in [5, 5.41) is 8.46. The van der Waals surface area contributed by atoms with Gasteiger partial charge in [-0.2, -0.15) is 0 Å². The molecule has 0 spiro atoms. The minimum atomic E-state index is -0.583. The summed E-state index contributed by atoms with van der Waals surface area (Å²) in [5.41, 5.74) is 0. The summed E-state index contributed by atoms with van der Waals surface area (Å²) in [5.74, 6) is -0.228. The van der Waals surface area contributed by atoms with Crippen molar-refractivity contribution in [1.82, 2.24) is 20.9 Å². The van der Waals surface area contributed by atoms with E-state index in [-0.39, 0.29) is 11.8 Å². The van der Waals surface area contributed by atoms with Crippen molar-refractivity contribution in [2.24, 2.45) is 0 Å². The third-order valence-electron chi connectivity index (χ3n) is 2.46. The highest BCUT2D eigenvalue weighted by molar-refractivity contribution is 5.96. The highest BCUT2D eigenvalue weighted by atomic mass is 16.2. The van der Waals surface area contributed by atoms with E-state index in [0.717, 1.165) is 0 Å². The van der Waals surface area contributed by atoms with Crippen molar-refractivity contribution in [3.05, 3.63) is 0 Å². The molecule has 86 valence electrons. The quantitative estimate of drug-likeness (QED) is 0.511. The van der Waals surface area contributed by atoms with E-state index in [1.807, 2.05) is 6.92 Å². The van der Waals surface area contributed by atoms with E-state index in [9.17, 15) is 9.59 Å². The first-order valence-corrected chi connectivity index (χ1v) is 5.06. The lowest BCUT2D eigenvalue weighted by molar-refractivity contribution is -0.148. The van der Waals surface area contributed by atoms with Crippen LogP contribution in [0.15, 0.2) is 0 Å². The number of hydrogen-bond donors (Lipinski definition) is 3. The Balaban J connectivity index is 2.70. The number of carbonyl (C=O) groups is 2. The molecule has 1 saturated heterocycles. The van der Waals surface area contributed by atoms with Crippen LogP contribution in [0.3, 0.4) is 0 Å². The van der Waals surface area contributed by atoms with Crippen molar-refractivity contribution in [2.75, 3.05) is 27.2 Å². The predicted molar refractivity (Wildman–Crippen MR) is 56.1 cm³/mol. The van der Waals surface area contributed by atoms with E-state index in [4.69, 9.17) is 0 Å². The van der Waals surface area contributed by atoms with E-state index in [1.54, 1.807) is 14.1 Å². The molecule has 15 heavy (non-hydrogen) atoms. The summed E-state index contributed by atoms with van der Waals surface area (Å²) in [4.78, 5) is 24.9. The fraction of sp³-hybridized carbons (Fsp3) is 0.778. The highest BCUT2D eigenvalue weighted by Crippen LogP contribution is 2.05. The summed E-state index contributed by atoms with van der Waals surface area (Å²) in [7, 11) is 3.40. The molecule has 1 heterocycles. The Kier molecular flexibility index (Phi) is 4.05. The van der Waals surface area contributed by atoms with Crippen molar-refractivity contribution in [3.63, 3.8) is 0 Å². The Morgan fingerprint density at radius 1 is 1.47 bits per heavy atom. The molecule has 0 unspecified atom stereocenters. The molecule has 0 aromatic carbocycles. The standard InChI is InChI=1S/C9H18N4O2/c1-4-11-7-9(15)13(3)6(5-10-2)8(14)12-7/h6-7,10-11H,4-5H2,1-3H3,(H,12,14)/t6-,7-/m0/s1. The number of amides is 2. The van der Waals surface area contributed by atoms with Crippen LogP contribution in [-0.4, -0.2) is 56.1 Å². The maximum atomic E-state index is 11.8. The van der Waals surface area contributed by atoms with Gasteiger partial charge >= 0.3 is 0 Å². The normalized spacial score (nSPS) is 26.7. The lowest BCUT2D eigenvalue weighted by Crippen LogP contribution is -2.67. The molecule has 6 heteroatoms. The third-order valence-corrected chi connectivity index (χ3v) is 2.46. The second-order valence-corrected chi connectivity index (χ2v) is 3.52. The van der Waals surface area contributed by atoms with Gasteiger partial charge in [0.05, 0.1) is 0 Å². The van der Waals surface area contributed by atoms with E-state index >= 15 is 0 Å². The Labute approximate surface area is 89.4 Å². The van der Waals surface area contributed by atoms with Crippen LogP contribution < -0.4 is 16.0 Å². The maximum absolute atomic E-state index is 11.8. The fourth-order valence-corrected chi connectivity index (χ4v) is 1.60. The Morgan fingerprint density at radius 2 is 2.13 bits per heavy atom. The van der Waals surface area contributed by atoms with Gasteiger partial charge in [-0.1, -0.05) is 6.92 Å².